The van der Waals surface area contributed by atoms with Gasteiger partial charge < -0.3 is 15.0 Å². The van der Waals surface area contributed by atoms with Crippen molar-refractivity contribution in [1.82, 2.24) is 10.3 Å². The second-order valence-electron chi connectivity index (χ2n) is 6.22. The molecule has 0 aliphatic carbocycles. The van der Waals surface area contributed by atoms with Gasteiger partial charge in [0.05, 0.1) is 12.0 Å². The van der Waals surface area contributed by atoms with Crippen molar-refractivity contribution in [2.45, 2.75) is 6.42 Å². The molecule has 0 radical (unpaired) electrons. The molecule has 2 aromatic carbocycles. The summed E-state index contributed by atoms with van der Waals surface area (Å²) in [6, 6.07) is 13.7. The molecule has 0 spiro atoms. The van der Waals surface area contributed by atoms with Gasteiger partial charge in [0, 0.05) is 41.3 Å². The van der Waals surface area contributed by atoms with Gasteiger partial charge in [0.2, 0.25) is 0 Å². The fourth-order valence-electron chi connectivity index (χ4n) is 3.00. The van der Waals surface area contributed by atoms with Gasteiger partial charge in [-0.3, -0.25) is 14.9 Å². The van der Waals surface area contributed by atoms with E-state index in [4.69, 9.17) is 4.74 Å². The molecular weight excluding hydrogens is 372 g/mol. The number of rotatable bonds is 7. The van der Waals surface area contributed by atoms with E-state index in [9.17, 15) is 20.2 Å². The number of nitro benzene ring substituents is 1. The first-order valence-corrected chi connectivity index (χ1v) is 8.81. The third kappa shape index (κ3) is 4.42. The molecule has 1 amide bonds. The van der Waals surface area contributed by atoms with E-state index in [1.54, 1.807) is 0 Å². The molecule has 0 aliphatic heterocycles. The van der Waals surface area contributed by atoms with E-state index in [1.807, 2.05) is 36.5 Å². The standard InChI is InChI=1S/C21H18N4O4/c1-29-20-7-6-17(25(27)28)11-15(20)10-16(12-22)21(26)23-9-8-14-13-24-19-5-3-2-4-18(14)19/h2-7,10-11,13,24H,8-9H2,1H3,(H,23,26)/b16-10-. The zero-order valence-corrected chi connectivity index (χ0v) is 15.6. The number of fused-ring (bicyclic) bond motifs is 1. The fraction of sp³-hybridized carbons (Fsp3) is 0.143. The monoisotopic (exact) mass is 390 g/mol. The van der Waals surface area contributed by atoms with Gasteiger partial charge in [-0.25, -0.2) is 0 Å². The Morgan fingerprint density at radius 2 is 2.14 bits per heavy atom. The topological polar surface area (TPSA) is 121 Å². The van der Waals surface area contributed by atoms with Crippen molar-refractivity contribution in [3.63, 3.8) is 0 Å². The zero-order chi connectivity index (χ0) is 20.8. The first kappa shape index (κ1) is 19.6. The van der Waals surface area contributed by atoms with E-state index < -0.39 is 10.8 Å². The Hall–Kier alpha value is -4.12. The summed E-state index contributed by atoms with van der Waals surface area (Å²) in [5.41, 5.74) is 2.04. The van der Waals surface area contributed by atoms with Crippen LogP contribution in [0, 0.1) is 21.4 Å². The highest BCUT2D eigenvalue weighted by atomic mass is 16.6. The molecule has 0 bridgehead atoms. The number of nitro groups is 1. The number of hydrogen-bond acceptors (Lipinski definition) is 5. The second kappa shape index (κ2) is 8.71. The van der Waals surface area contributed by atoms with Gasteiger partial charge in [-0.1, -0.05) is 18.2 Å². The normalized spacial score (nSPS) is 11.1. The Kier molecular flexibility index (Phi) is 5.90. The minimum atomic E-state index is -0.555. The summed E-state index contributed by atoms with van der Waals surface area (Å²) in [4.78, 5) is 26.0. The van der Waals surface area contributed by atoms with Gasteiger partial charge in [0.1, 0.15) is 17.4 Å². The number of nitriles is 1. The maximum atomic E-state index is 12.4. The minimum Gasteiger partial charge on any atom is -0.496 e. The van der Waals surface area contributed by atoms with Crippen LogP contribution < -0.4 is 10.1 Å². The summed E-state index contributed by atoms with van der Waals surface area (Å²) < 4.78 is 5.16. The molecule has 29 heavy (non-hydrogen) atoms. The Morgan fingerprint density at radius 1 is 1.34 bits per heavy atom. The van der Waals surface area contributed by atoms with Crippen LogP contribution in [-0.2, 0) is 11.2 Å². The van der Waals surface area contributed by atoms with E-state index in [0.717, 1.165) is 16.5 Å². The highest BCUT2D eigenvalue weighted by molar-refractivity contribution is 6.02. The lowest BCUT2D eigenvalue weighted by Gasteiger charge is -2.07. The number of aromatic amines is 1. The van der Waals surface area contributed by atoms with Crippen LogP contribution in [-0.4, -0.2) is 29.5 Å². The highest BCUT2D eigenvalue weighted by Crippen LogP contribution is 2.26. The lowest BCUT2D eigenvalue weighted by molar-refractivity contribution is -0.384. The van der Waals surface area contributed by atoms with E-state index in [1.165, 1.54) is 31.4 Å². The van der Waals surface area contributed by atoms with Crippen molar-refractivity contribution in [3.8, 4) is 11.8 Å². The van der Waals surface area contributed by atoms with Gasteiger partial charge in [0.25, 0.3) is 11.6 Å². The maximum absolute atomic E-state index is 12.4. The summed E-state index contributed by atoms with van der Waals surface area (Å²) in [5.74, 6) is -0.226. The summed E-state index contributed by atoms with van der Waals surface area (Å²) in [7, 11) is 1.41. The summed E-state index contributed by atoms with van der Waals surface area (Å²) in [5, 5.41) is 24.1. The number of nitrogens with one attached hydrogen (secondary N) is 2. The van der Waals surface area contributed by atoms with Crippen molar-refractivity contribution >= 4 is 28.6 Å². The molecule has 0 atom stereocenters. The molecule has 1 aromatic heterocycles. The molecule has 0 saturated carbocycles. The number of carbonyl (C=O) groups is 1. The van der Waals surface area contributed by atoms with Gasteiger partial charge in [-0.05, 0) is 30.2 Å². The molecule has 0 unspecified atom stereocenters. The van der Waals surface area contributed by atoms with Crippen LogP contribution in [0.25, 0.3) is 17.0 Å². The molecular formula is C21H18N4O4. The maximum Gasteiger partial charge on any atom is 0.270 e. The molecule has 0 fully saturated rings. The molecule has 146 valence electrons. The van der Waals surface area contributed by atoms with E-state index in [-0.39, 0.29) is 16.8 Å². The molecule has 8 heteroatoms. The lowest BCUT2D eigenvalue weighted by Crippen LogP contribution is -2.26. The van der Waals surface area contributed by atoms with Gasteiger partial charge in [-0.2, -0.15) is 5.26 Å². The molecule has 0 aliphatic rings. The van der Waals surface area contributed by atoms with Crippen LogP contribution in [0.5, 0.6) is 5.75 Å². The second-order valence-corrected chi connectivity index (χ2v) is 6.22. The largest absolute Gasteiger partial charge is 0.496 e. The number of aromatic nitrogens is 1. The Bertz CT molecular complexity index is 1140. The molecule has 8 nitrogen and oxygen atoms in total. The average molecular weight is 390 g/mol. The van der Waals surface area contributed by atoms with E-state index >= 15 is 0 Å². The van der Waals surface area contributed by atoms with Crippen LogP contribution in [0.15, 0.2) is 54.2 Å². The first-order valence-electron chi connectivity index (χ1n) is 8.81. The van der Waals surface area contributed by atoms with E-state index in [0.29, 0.717) is 18.7 Å². The minimum absolute atomic E-state index is 0.158. The quantitative estimate of drug-likeness (QED) is 0.277. The average Bonchev–Trinajstić information content (AvgIpc) is 3.14. The third-order valence-corrected chi connectivity index (χ3v) is 4.44. The lowest BCUT2D eigenvalue weighted by atomic mass is 10.1. The first-order chi connectivity index (χ1) is 14.0. The predicted molar refractivity (Wildman–Crippen MR) is 108 cm³/mol. The van der Waals surface area contributed by atoms with Crippen molar-refractivity contribution < 1.29 is 14.5 Å². The van der Waals surface area contributed by atoms with E-state index in [2.05, 4.69) is 10.3 Å². The number of ether oxygens (including phenoxy) is 1. The van der Waals surface area contributed by atoms with Crippen molar-refractivity contribution in [2.75, 3.05) is 13.7 Å². The van der Waals surface area contributed by atoms with Crippen molar-refractivity contribution in [2.24, 2.45) is 0 Å². The Morgan fingerprint density at radius 3 is 2.86 bits per heavy atom. The SMILES string of the molecule is COc1ccc([N+](=O)[O-])cc1/C=C(/C#N)C(=O)NCCc1c[nH]c2ccccc12. The van der Waals surface area contributed by atoms with Gasteiger partial charge in [-0.15, -0.1) is 0 Å². The number of hydrogen-bond donors (Lipinski definition) is 2. The Labute approximate surface area is 166 Å². The van der Waals surface area contributed by atoms with Gasteiger partial charge in [0.15, 0.2) is 0 Å². The molecule has 1 heterocycles. The number of non-ortho nitro benzene ring substituents is 1. The number of nitrogens with zero attached hydrogens (tertiary/aromatic N) is 2. The fourth-order valence-corrected chi connectivity index (χ4v) is 3.00. The summed E-state index contributed by atoms with van der Waals surface area (Å²) in [6.07, 6.45) is 3.77. The van der Waals surface area contributed by atoms with Crippen LogP contribution in [0.2, 0.25) is 0 Å². The number of benzene rings is 2. The van der Waals surface area contributed by atoms with Crippen LogP contribution in [0.4, 0.5) is 5.69 Å². The van der Waals surface area contributed by atoms with Crippen molar-refractivity contribution in [1.29, 1.82) is 5.26 Å². The number of amides is 1. The van der Waals surface area contributed by atoms with Crippen LogP contribution in [0.3, 0.4) is 0 Å². The smallest absolute Gasteiger partial charge is 0.270 e. The molecule has 2 N–H and O–H groups in total. The molecule has 3 aromatic rings. The molecule has 3 rings (SSSR count). The number of H-pyrrole nitrogens is 1. The highest BCUT2D eigenvalue weighted by Gasteiger charge is 2.14. The Balaban J connectivity index is 1.73. The van der Waals surface area contributed by atoms with Gasteiger partial charge >= 0.3 is 0 Å². The molecule has 0 saturated heterocycles. The third-order valence-electron chi connectivity index (χ3n) is 4.44. The van der Waals surface area contributed by atoms with Crippen LogP contribution in [0.1, 0.15) is 11.1 Å². The van der Waals surface area contributed by atoms with Crippen molar-refractivity contribution in [3.05, 3.63) is 75.5 Å². The number of para-hydroxylation sites is 1. The summed E-state index contributed by atoms with van der Waals surface area (Å²) in [6.45, 7) is 0.339. The number of carbonyl (C=O) groups excluding carboxylic acids is 1. The number of methoxy groups -OCH3 is 1. The zero-order valence-electron chi connectivity index (χ0n) is 15.6. The summed E-state index contributed by atoms with van der Waals surface area (Å²) >= 11 is 0. The predicted octanol–water partition coefficient (Wildman–Crippen LogP) is 3.35. The van der Waals surface area contributed by atoms with Crippen LogP contribution >= 0.6 is 0 Å².